The number of rotatable bonds is 6. The Labute approximate surface area is 105 Å². The maximum atomic E-state index is 11.5. The van der Waals surface area contributed by atoms with Crippen LogP contribution in [0.25, 0.3) is 0 Å². The van der Waals surface area contributed by atoms with Crippen molar-refractivity contribution in [2.45, 2.75) is 19.8 Å². The van der Waals surface area contributed by atoms with Crippen molar-refractivity contribution in [2.75, 3.05) is 18.4 Å². The maximum Gasteiger partial charge on any atom is 0.225 e. The molecule has 1 aromatic carbocycles. The number of hydrogen-bond acceptors (Lipinski definition) is 2. The molecular weight excluding hydrogens is 268 g/mol. The topological polar surface area (TPSA) is 41.1 Å². The molecule has 0 saturated carbocycles. The second-order valence-electron chi connectivity index (χ2n) is 3.56. The fourth-order valence-corrected chi connectivity index (χ4v) is 1.69. The Bertz CT molecular complexity index is 342. The Balaban J connectivity index is 2.29. The monoisotopic (exact) mass is 284 g/mol. The van der Waals surface area contributed by atoms with Crippen LogP contribution in [0.3, 0.4) is 0 Å². The average Bonchev–Trinajstić information content (AvgIpc) is 2.24. The van der Waals surface area contributed by atoms with Crippen molar-refractivity contribution in [1.29, 1.82) is 0 Å². The van der Waals surface area contributed by atoms with E-state index in [9.17, 15) is 4.79 Å². The first-order chi connectivity index (χ1) is 7.72. The van der Waals surface area contributed by atoms with Crippen molar-refractivity contribution < 1.29 is 4.79 Å². The van der Waals surface area contributed by atoms with Gasteiger partial charge in [0, 0.05) is 23.1 Å². The zero-order chi connectivity index (χ0) is 11.8. The predicted octanol–water partition coefficient (Wildman–Crippen LogP) is 2.78. The molecule has 1 aromatic rings. The lowest BCUT2D eigenvalue weighted by Gasteiger charge is -2.06. The third-order valence-corrected chi connectivity index (χ3v) is 2.56. The molecule has 0 aliphatic carbocycles. The molecule has 0 bridgehead atoms. The van der Waals surface area contributed by atoms with Gasteiger partial charge in [0.05, 0.1) is 0 Å². The summed E-state index contributed by atoms with van der Waals surface area (Å²) in [4.78, 5) is 11.5. The fraction of sp³-hybridized carbons (Fsp3) is 0.417. The van der Waals surface area contributed by atoms with Crippen LogP contribution < -0.4 is 10.6 Å². The number of carbonyl (C=O) groups is 1. The molecule has 0 aliphatic rings. The minimum atomic E-state index is 0.0432. The summed E-state index contributed by atoms with van der Waals surface area (Å²) in [6.45, 7) is 3.80. The van der Waals surface area contributed by atoms with Crippen LogP contribution in [0.2, 0.25) is 0 Å². The number of hydrogen-bond donors (Lipinski definition) is 2. The predicted molar refractivity (Wildman–Crippen MR) is 70.5 cm³/mol. The third-order valence-electron chi connectivity index (χ3n) is 2.06. The number of amides is 1. The van der Waals surface area contributed by atoms with Crippen molar-refractivity contribution in [3.05, 3.63) is 28.7 Å². The molecule has 4 heteroatoms. The van der Waals surface area contributed by atoms with Crippen molar-refractivity contribution in [3.8, 4) is 0 Å². The van der Waals surface area contributed by atoms with Gasteiger partial charge in [-0.3, -0.25) is 4.79 Å². The molecule has 1 amide bonds. The van der Waals surface area contributed by atoms with E-state index in [1.54, 1.807) is 0 Å². The zero-order valence-corrected chi connectivity index (χ0v) is 11.0. The molecule has 0 radical (unpaired) electrons. The summed E-state index contributed by atoms with van der Waals surface area (Å²) in [6, 6.07) is 7.59. The van der Waals surface area contributed by atoms with Gasteiger partial charge < -0.3 is 10.6 Å². The van der Waals surface area contributed by atoms with Crippen LogP contribution in [0.5, 0.6) is 0 Å². The zero-order valence-electron chi connectivity index (χ0n) is 9.42. The minimum Gasteiger partial charge on any atom is -0.326 e. The molecule has 0 heterocycles. The van der Waals surface area contributed by atoms with E-state index in [2.05, 4.69) is 33.5 Å². The summed E-state index contributed by atoms with van der Waals surface area (Å²) >= 11 is 3.36. The summed E-state index contributed by atoms with van der Waals surface area (Å²) in [5.41, 5.74) is 0.829. The molecule has 0 saturated heterocycles. The smallest absolute Gasteiger partial charge is 0.225 e. The van der Waals surface area contributed by atoms with Crippen molar-refractivity contribution in [3.63, 3.8) is 0 Å². The Kier molecular flexibility index (Phi) is 6.11. The first-order valence-electron chi connectivity index (χ1n) is 5.48. The minimum absolute atomic E-state index is 0.0432. The van der Waals surface area contributed by atoms with E-state index in [-0.39, 0.29) is 5.91 Å². The Morgan fingerprint density at radius 1 is 1.38 bits per heavy atom. The summed E-state index contributed by atoms with van der Waals surface area (Å²) in [5, 5.41) is 6.04. The van der Waals surface area contributed by atoms with E-state index in [0.717, 1.165) is 29.7 Å². The number of halogens is 1. The third kappa shape index (κ3) is 5.28. The van der Waals surface area contributed by atoms with Crippen LogP contribution >= 0.6 is 15.9 Å². The summed E-state index contributed by atoms with van der Waals surface area (Å²) in [7, 11) is 0. The molecule has 0 atom stereocenters. The largest absolute Gasteiger partial charge is 0.326 e. The van der Waals surface area contributed by atoms with E-state index >= 15 is 0 Å². The van der Waals surface area contributed by atoms with Crippen LogP contribution in [0.4, 0.5) is 5.69 Å². The lowest BCUT2D eigenvalue weighted by molar-refractivity contribution is -0.116. The van der Waals surface area contributed by atoms with Gasteiger partial charge in [-0.05, 0) is 31.2 Å². The first-order valence-corrected chi connectivity index (χ1v) is 6.28. The number of benzene rings is 1. The van der Waals surface area contributed by atoms with E-state index in [1.165, 1.54) is 0 Å². The van der Waals surface area contributed by atoms with E-state index in [1.807, 2.05) is 24.3 Å². The maximum absolute atomic E-state index is 11.5. The van der Waals surface area contributed by atoms with Crippen LogP contribution in [0, 0.1) is 0 Å². The van der Waals surface area contributed by atoms with Gasteiger partial charge in [-0.15, -0.1) is 0 Å². The van der Waals surface area contributed by atoms with Gasteiger partial charge in [-0.1, -0.05) is 28.9 Å². The summed E-state index contributed by atoms with van der Waals surface area (Å²) in [5.74, 6) is 0.0432. The van der Waals surface area contributed by atoms with E-state index in [4.69, 9.17) is 0 Å². The lowest BCUT2D eigenvalue weighted by atomic mass is 10.3. The molecule has 0 unspecified atom stereocenters. The van der Waals surface area contributed by atoms with Crippen molar-refractivity contribution >= 4 is 27.5 Å². The highest BCUT2D eigenvalue weighted by atomic mass is 79.9. The summed E-state index contributed by atoms with van der Waals surface area (Å²) in [6.07, 6.45) is 1.60. The Morgan fingerprint density at radius 3 is 2.88 bits per heavy atom. The normalized spacial score (nSPS) is 10.1. The van der Waals surface area contributed by atoms with Gasteiger partial charge in [0.15, 0.2) is 0 Å². The molecule has 3 nitrogen and oxygen atoms in total. The van der Waals surface area contributed by atoms with Crippen molar-refractivity contribution in [1.82, 2.24) is 5.32 Å². The van der Waals surface area contributed by atoms with E-state index in [0.29, 0.717) is 6.42 Å². The molecule has 0 aliphatic heterocycles. The molecule has 0 aromatic heterocycles. The van der Waals surface area contributed by atoms with Gasteiger partial charge >= 0.3 is 0 Å². The van der Waals surface area contributed by atoms with Crippen LogP contribution in [0.15, 0.2) is 28.7 Å². The summed E-state index contributed by atoms with van der Waals surface area (Å²) < 4.78 is 0.967. The van der Waals surface area contributed by atoms with Crippen molar-refractivity contribution in [2.24, 2.45) is 0 Å². The van der Waals surface area contributed by atoms with E-state index < -0.39 is 0 Å². The highest BCUT2D eigenvalue weighted by Gasteiger charge is 2.01. The number of carbonyl (C=O) groups excluding carboxylic acids is 1. The standard InChI is InChI=1S/C12H17BrN2O/c1-2-7-14-8-6-12(16)15-11-5-3-4-10(13)9-11/h3-5,9,14H,2,6-8H2,1H3,(H,15,16). The Morgan fingerprint density at radius 2 is 2.19 bits per heavy atom. The number of nitrogens with one attached hydrogen (secondary N) is 2. The second kappa shape index (κ2) is 7.41. The fourth-order valence-electron chi connectivity index (χ4n) is 1.29. The molecular formula is C12H17BrN2O. The SMILES string of the molecule is CCCNCCC(=O)Nc1cccc(Br)c1. The van der Waals surface area contributed by atoms with Crippen LogP contribution in [0.1, 0.15) is 19.8 Å². The molecule has 0 spiro atoms. The Hall–Kier alpha value is -0.870. The molecule has 2 N–H and O–H groups in total. The van der Waals surface area contributed by atoms with Gasteiger partial charge in [0.25, 0.3) is 0 Å². The van der Waals surface area contributed by atoms with Crippen LogP contribution in [-0.4, -0.2) is 19.0 Å². The highest BCUT2D eigenvalue weighted by Crippen LogP contribution is 2.15. The molecule has 0 fully saturated rings. The molecule has 1 rings (SSSR count). The second-order valence-corrected chi connectivity index (χ2v) is 4.47. The van der Waals surface area contributed by atoms with Gasteiger partial charge in [0.1, 0.15) is 0 Å². The number of anilines is 1. The van der Waals surface area contributed by atoms with Gasteiger partial charge in [-0.25, -0.2) is 0 Å². The molecule has 16 heavy (non-hydrogen) atoms. The highest BCUT2D eigenvalue weighted by molar-refractivity contribution is 9.10. The van der Waals surface area contributed by atoms with Gasteiger partial charge in [-0.2, -0.15) is 0 Å². The van der Waals surface area contributed by atoms with Crippen LogP contribution in [-0.2, 0) is 4.79 Å². The molecule has 88 valence electrons. The average molecular weight is 285 g/mol. The lowest BCUT2D eigenvalue weighted by Crippen LogP contribution is -2.22. The quantitative estimate of drug-likeness (QED) is 0.789. The van der Waals surface area contributed by atoms with Gasteiger partial charge in [0.2, 0.25) is 5.91 Å². The first kappa shape index (κ1) is 13.2.